The Morgan fingerprint density at radius 1 is 0.852 bits per heavy atom. The van der Waals surface area contributed by atoms with Crippen LogP contribution in [0.5, 0.6) is 0 Å². The van der Waals surface area contributed by atoms with Crippen molar-refractivity contribution in [2.45, 2.75) is 66.3 Å². The van der Waals surface area contributed by atoms with Gasteiger partial charge in [-0.3, -0.25) is 4.79 Å². The van der Waals surface area contributed by atoms with Crippen LogP contribution in [0.1, 0.15) is 81.3 Å². The molecule has 2 saturated heterocycles. The molecule has 7 rings (SSSR count). The summed E-state index contributed by atoms with van der Waals surface area (Å²) in [5, 5.41) is 2.13. The normalized spacial score (nSPS) is 19.1. The molecule has 0 N–H and O–H groups in total. The Kier molecular flexibility index (Phi) is 17.4. The summed E-state index contributed by atoms with van der Waals surface area (Å²) in [7, 11) is 9.27. The Hall–Kier alpha value is -3.59. The lowest BCUT2D eigenvalue weighted by Gasteiger charge is -2.42. The number of carbonyl (C=O) groups is 1. The number of likely N-dealkylation sites (tertiary alicyclic amines) is 1. The predicted molar refractivity (Wildman–Crippen MR) is 250 cm³/mol. The SMILES string of the molecule is CCC1C[N+](C)(C)CC1CCC(C)c1ccc(C[N+]2(C)CCN(C(=O)c3ccccc3-c3c4ccc(=[N+](C)CC)cc-4oc4cc(N(CC)CC)ccc34)CC2)cc1.Cl.[Cl-].[Cl-]. The first kappa shape index (κ1) is 50.1. The van der Waals surface area contributed by atoms with Crippen molar-refractivity contribution in [2.75, 3.05) is 92.0 Å². The molecule has 1 aliphatic carbocycles. The monoisotopic (exact) mass is 890 g/mol. The minimum Gasteiger partial charge on any atom is -1.00 e. The Morgan fingerprint density at radius 2 is 1.52 bits per heavy atom. The Balaban J connectivity index is 0.00000273. The first-order valence-electron chi connectivity index (χ1n) is 22.3. The fourth-order valence-corrected chi connectivity index (χ4v) is 10.2. The van der Waals surface area contributed by atoms with Gasteiger partial charge in [0.1, 0.15) is 31.5 Å². The van der Waals surface area contributed by atoms with Gasteiger partial charge in [0.25, 0.3) is 5.91 Å². The minimum atomic E-state index is 0. The summed E-state index contributed by atoms with van der Waals surface area (Å²) in [6.07, 6.45) is 3.91. The maximum absolute atomic E-state index is 14.6. The van der Waals surface area contributed by atoms with Crippen molar-refractivity contribution in [3.05, 3.63) is 107 Å². The molecular weight excluding hydrogens is 821 g/mol. The van der Waals surface area contributed by atoms with Crippen LogP contribution < -0.4 is 39.6 Å². The molecule has 3 heterocycles. The largest absolute Gasteiger partial charge is 1.00 e. The fourth-order valence-electron chi connectivity index (χ4n) is 10.2. The van der Waals surface area contributed by atoms with Gasteiger partial charge in [0.05, 0.1) is 66.5 Å². The van der Waals surface area contributed by atoms with Gasteiger partial charge in [0, 0.05) is 70.4 Å². The number of hydrogen-bond donors (Lipinski definition) is 0. The summed E-state index contributed by atoms with van der Waals surface area (Å²) in [5.41, 5.74) is 8.60. The lowest BCUT2D eigenvalue weighted by molar-refractivity contribution is -0.926. The summed E-state index contributed by atoms with van der Waals surface area (Å²) in [5.74, 6) is 3.23. The topological polar surface area (TPSA) is 39.7 Å². The average molecular weight is 893 g/mol. The van der Waals surface area contributed by atoms with Crippen LogP contribution in [0.25, 0.3) is 33.4 Å². The Labute approximate surface area is 385 Å². The molecule has 3 atom stereocenters. The molecule has 0 saturated carbocycles. The quantitative estimate of drug-likeness (QED) is 0.103. The van der Waals surface area contributed by atoms with Crippen molar-refractivity contribution in [1.82, 2.24) is 9.48 Å². The molecule has 0 spiro atoms. The number of benzene rings is 4. The van der Waals surface area contributed by atoms with Crippen LogP contribution in [0, 0.1) is 11.8 Å². The highest BCUT2D eigenvalue weighted by atomic mass is 35.5. The second-order valence-electron chi connectivity index (χ2n) is 18.5. The number of hydrogen-bond acceptors (Lipinski definition) is 3. The Bertz CT molecular complexity index is 2260. The number of carbonyl (C=O) groups excluding carboxylic acids is 1. The summed E-state index contributed by atoms with van der Waals surface area (Å²) in [6.45, 7) is 21.0. The van der Waals surface area contributed by atoms with E-state index in [0.717, 1.165) is 119 Å². The summed E-state index contributed by atoms with van der Waals surface area (Å²) < 4.78 is 11.1. The van der Waals surface area contributed by atoms with E-state index in [-0.39, 0.29) is 43.1 Å². The fraction of sp³-hybridized carbons (Fsp3) is 0.490. The third-order valence-corrected chi connectivity index (χ3v) is 14.0. The van der Waals surface area contributed by atoms with Crippen molar-refractivity contribution in [3.63, 3.8) is 0 Å². The molecule has 3 aromatic carbocycles. The minimum absolute atomic E-state index is 0. The number of anilines is 1. The number of amides is 1. The zero-order valence-electron chi connectivity index (χ0n) is 38.2. The van der Waals surface area contributed by atoms with E-state index in [9.17, 15) is 4.79 Å². The van der Waals surface area contributed by atoms with Crippen LogP contribution in [0.3, 0.4) is 0 Å². The van der Waals surface area contributed by atoms with Gasteiger partial charge in [-0.15, -0.1) is 12.4 Å². The van der Waals surface area contributed by atoms with Crippen molar-refractivity contribution >= 4 is 35.0 Å². The van der Waals surface area contributed by atoms with E-state index >= 15 is 0 Å². The van der Waals surface area contributed by atoms with E-state index in [1.54, 1.807) is 0 Å². The van der Waals surface area contributed by atoms with Crippen molar-refractivity contribution < 1.29 is 43.0 Å². The molecule has 0 bridgehead atoms. The maximum Gasteiger partial charge on any atom is 0.254 e. The summed E-state index contributed by atoms with van der Waals surface area (Å²) in [4.78, 5) is 19.1. The molecule has 4 aliphatic rings. The van der Waals surface area contributed by atoms with Crippen LogP contribution in [0.4, 0.5) is 5.69 Å². The molecular formula is C51H71Cl3N5O2+. The second-order valence-corrected chi connectivity index (χ2v) is 18.5. The van der Waals surface area contributed by atoms with Gasteiger partial charge in [-0.2, -0.15) is 0 Å². The van der Waals surface area contributed by atoms with Gasteiger partial charge in [-0.25, -0.2) is 4.58 Å². The van der Waals surface area contributed by atoms with Crippen molar-refractivity contribution in [1.29, 1.82) is 0 Å². The first-order chi connectivity index (χ1) is 27.9. The van der Waals surface area contributed by atoms with Crippen LogP contribution in [0.2, 0.25) is 0 Å². The highest BCUT2D eigenvalue weighted by Crippen LogP contribution is 2.42. The van der Waals surface area contributed by atoms with Gasteiger partial charge in [-0.05, 0) is 81.3 Å². The van der Waals surface area contributed by atoms with Crippen LogP contribution in [-0.2, 0) is 6.54 Å². The van der Waals surface area contributed by atoms with Crippen LogP contribution in [-0.4, -0.2) is 107 Å². The van der Waals surface area contributed by atoms with Crippen LogP contribution >= 0.6 is 12.4 Å². The smallest absolute Gasteiger partial charge is 0.254 e. The number of piperazine rings is 1. The molecule has 0 radical (unpaired) electrons. The highest BCUT2D eigenvalue weighted by Gasteiger charge is 2.39. The number of fused-ring (bicyclic) bond motifs is 2. The first-order valence-corrected chi connectivity index (χ1v) is 22.3. The highest BCUT2D eigenvalue weighted by molar-refractivity contribution is 6.09. The van der Waals surface area contributed by atoms with Gasteiger partial charge in [-0.1, -0.05) is 56.3 Å². The zero-order valence-corrected chi connectivity index (χ0v) is 40.6. The molecule has 3 aliphatic heterocycles. The number of rotatable bonds is 13. The van der Waals surface area contributed by atoms with Crippen molar-refractivity contribution in [3.8, 4) is 22.5 Å². The third-order valence-electron chi connectivity index (χ3n) is 14.0. The molecule has 3 unspecified atom stereocenters. The maximum atomic E-state index is 14.6. The van der Waals surface area contributed by atoms with E-state index in [1.165, 1.54) is 48.0 Å². The van der Waals surface area contributed by atoms with Gasteiger partial charge < -0.3 is 48.0 Å². The molecule has 1 amide bonds. The molecule has 10 heteroatoms. The summed E-state index contributed by atoms with van der Waals surface area (Å²) in [6, 6.07) is 30.7. The molecule has 3 aromatic rings. The lowest BCUT2D eigenvalue weighted by atomic mass is 9.85. The number of quaternary nitrogens is 2. The van der Waals surface area contributed by atoms with Gasteiger partial charge >= 0.3 is 0 Å². The van der Waals surface area contributed by atoms with E-state index < -0.39 is 0 Å². The van der Waals surface area contributed by atoms with E-state index in [2.05, 4.69) is 150 Å². The van der Waals surface area contributed by atoms with E-state index in [1.807, 2.05) is 12.1 Å². The standard InChI is InChI=1S/C51H70N5O2.3ClH/c1-10-39-35-55(7,8)36-41(39)21-18-37(5)40-22-19-38(20-23-40)34-56(9)30-28-54(29-31-56)51(57)45-17-15-14-16-44(45)50-46-26-24-42(52(6)11-2)32-48(46)58-49-33-43(25-27-47(49)50)53(12-3)13-4;;;/h14-17,19-20,22-27,32-33,37,39,41H,10-13,18,21,28-31,34-36H2,1-9H3;3*1H/q+3;;;/p-2. The van der Waals surface area contributed by atoms with Gasteiger partial charge in [0.2, 0.25) is 5.36 Å². The molecule has 332 valence electrons. The third kappa shape index (κ3) is 11.0. The second kappa shape index (κ2) is 21.2. The van der Waals surface area contributed by atoms with Gasteiger partial charge in [0.15, 0.2) is 0 Å². The molecule has 2 fully saturated rings. The molecule has 61 heavy (non-hydrogen) atoms. The average Bonchev–Trinajstić information content (AvgIpc) is 3.55. The zero-order chi connectivity index (χ0) is 41.2. The number of likely N-dealkylation sites (N-methyl/N-ethyl adjacent to an activating group) is 1. The van der Waals surface area contributed by atoms with E-state index in [0.29, 0.717) is 5.92 Å². The number of halogens is 3. The predicted octanol–water partition coefficient (Wildman–Crippen LogP) is 3.62. The van der Waals surface area contributed by atoms with Crippen molar-refractivity contribution in [2.24, 2.45) is 11.8 Å². The lowest BCUT2D eigenvalue weighted by Crippen LogP contribution is -3.00. The number of nitrogens with zero attached hydrogens (tertiary/aromatic N) is 5. The molecule has 0 aromatic heterocycles. The Morgan fingerprint density at radius 3 is 2.18 bits per heavy atom. The van der Waals surface area contributed by atoms with E-state index in [4.69, 9.17) is 4.42 Å². The molecule has 7 nitrogen and oxygen atoms in total. The summed E-state index contributed by atoms with van der Waals surface area (Å²) >= 11 is 0. The van der Waals surface area contributed by atoms with Crippen LogP contribution in [0.15, 0.2) is 89.3 Å².